The molecule has 16 heavy (non-hydrogen) atoms. The Morgan fingerprint density at radius 2 is 1.94 bits per heavy atom. The first kappa shape index (κ1) is 13.7. The number of hydrogen-bond acceptors (Lipinski definition) is 1. The van der Waals surface area contributed by atoms with Gasteiger partial charge in [0, 0.05) is 6.54 Å². The highest BCUT2D eigenvalue weighted by Gasteiger charge is 2.17. The minimum absolute atomic E-state index is 0.928. The Balaban J connectivity index is 2.16. The molecule has 1 heteroatoms. The lowest BCUT2D eigenvalue weighted by Gasteiger charge is -2.25. The molecule has 1 fully saturated rings. The van der Waals surface area contributed by atoms with E-state index in [2.05, 4.69) is 25.1 Å². The average Bonchev–Trinajstić information content (AvgIpc) is 2.34. The SMILES string of the molecule is CCC=NCCC(CC)CC1CCCCC1. The number of aliphatic imine (C=N–C) groups is 1. The molecule has 1 aliphatic rings. The van der Waals surface area contributed by atoms with Gasteiger partial charge >= 0.3 is 0 Å². The molecule has 0 spiro atoms. The van der Waals surface area contributed by atoms with Gasteiger partial charge in [-0.1, -0.05) is 52.4 Å². The first-order chi connectivity index (χ1) is 7.86. The minimum Gasteiger partial charge on any atom is -0.298 e. The van der Waals surface area contributed by atoms with E-state index in [9.17, 15) is 0 Å². The summed E-state index contributed by atoms with van der Waals surface area (Å²) >= 11 is 0. The summed E-state index contributed by atoms with van der Waals surface area (Å²) in [6, 6.07) is 0. The summed E-state index contributed by atoms with van der Waals surface area (Å²) in [5.74, 6) is 1.96. The van der Waals surface area contributed by atoms with Crippen molar-refractivity contribution in [2.24, 2.45) is 16.8 Å². The lowest BCUT2D eigenvalue weighted by Crippen LogP contribution is -2.12. The van der Waals surface area contributed by atoms with Crippen molar-refractivity contribution in [1.29, 1.82) is 0 Å². The van der Waals surface area contributed by atoms with E-state index in [1.807, 2.05) is 0 Å². The van der Waals surface area contributed by atoms with Gasteiger partial charge in [-0.25, -0.2) is 0 Å². The van der Waals surface area contributed by atoms with Gasteiger partial charge in [-0.15, -0.1) is 0 Å². The van der Waals surface area contributed by atoms with Gasteiger partial charge in [0.05, 0.1) is 0 Å². The van der Waals surface area contributed by atoms with Gasteiger partial charge in [-0.2, -0.15) is 0 Å². The van der Waals surface area contributed by atoms with Crippen molar-refractivity contribution >= 4 is 6.21 Å². The Hall–Kier alpha value is -0.330. The van der Waals surface area contributed by atoms with E-state index in [1.165, 1.54) is 51.4 Å². The van der Waals surface area contributed by atoms with Gasteiger partial charge in [-0.3, -0.25) is 4.99 Å². The topological polar surface area (TPSA) is 12.4 Å². The molecule has 1 rings (SSSR count). The van der Waals surface area contributed by atoms with E-state index in [0.717, 1.165) is 24.8 Å². The number of rotatable bonds is 7. The molecule has 1 atom stereocenters. The highest BCUT2D eigenvalue weighted by Crippen LogP contribution is 2.31. The molecule has 0 N–H and O–H groups in total. The Morgan fingerprint density at radius 3 is 2.56 bits per heavy atom. The fourth-order valence-electron chi connectivity index (χ4n) is 2.86. The van der Waals surface area contributed by atoms with Gasteiger partial charge < -0.3 is 0 Å². The van der Waals surface area contributed by atoms with Crippen molar-refractivity contribution in [1.82, 2.24) is 0 Å². The van der Waals surface area contributed by atoms with Crippen molar-refractivity contribution in [2.75, 3.05) is 6.54 Å². The molecule has 0 aromatic rings. The Kier molecular flexibility index (Phi) is 7.54. The molecule has 0 saturated heterocycles. The molecule has 0 radical (unpaired) electrons. The molecule has 0 heterocycles. The van der Waals surface area contributed by atoms with Crippen LogP contribution in [0, 0.1) is 11.8 Å². The normalized spacial score (nSPS) is 20.4. The van der Waals surface area contributed by atoms with E-state index >= 15 is 0 Å². The zero-order valence-electron chi connectivity index (χ0n) is 11.3. The van der Waals surface area contributed by atoms with Crippen LogP contribution in [0.5, 0.6) is 0 Å². The predicted octanol–water partition coefficient (Wildman–Crippen LogP) is 4.85. The Labute approximate surface area is 102 Å². The van der Waals surface area contributed by atoms with Crippen LogP contribution in [-0.4, -0.2) is 12.8 Å². The van der Waals surface area contributed by atoms with Gasteiger partial charge in [0.1, 0.15) is 0 Å². The van der Waals surface area contributed by atoms with Crippen LogP contribution < -0.4 is 0 Å². The van der Waals surface area contributed by atoms with Crippen LogP contribution in [0.4, 0.5) is 0 Å². The van der Waals surface area contributed by atoms with Gasteiger partial charge in [0.25, 0.3) is 0 Å². The number of nitrogens with zero attached hydrogens (tertiary/aromatic N) is 1. The molecule has 0 bridgehead atoms. The highest BCUT2D eigenvalue weighted by atomic mass is 14.7. The molecule has 0 aromatic heterocycles. The lowest BCUT2D eigenvalue weighted by molar-refractivity contribution is 0.276. The van der Waals surface area contributed by atoms with Crippen LogP contribution in [0.2, 0.25) is 0 Å². The molecule has 0 aromatic carbocycles. The van der Waals surface area contributed by atoms with E-state index < -0.39 is 0 Å². The van der Waals surface area contributed by atoms with Gasteiger partial charge in [0.2, 0.25) is 0 Å². The standard InChI is InChI=1S/C15H29N/c1-3-11-16-12-10-14(4-2)13-15-8-6-5-7-9-15/h11,14-15H,3-10,12-13H2,1-2H3. The Morgan fingerprint density at radius 1 is 1.19 bits per heavy atom. The second kappa shape index (κ2) is 8.78. The first-order valence-corrected chi connectivity index (χ1v) is 7.35. The van der Waals surface area contributed by atoms with Crippen molar-refractivity contribution in [3.63, 3.8) is 0 Å². The van der Waals surface area contributed by atoms with E-state index in [-0.39, 0.29) is 0 Å². The van der Waals surface area contributed by atoms with Crippen molar-refractivity contribution in [3.05, 3.63) is 0 Å². The second-order valence-electron chi connectivity index (χ2n) is 5.30. The maximum atomic E-state index is 4.45. The molecule has 1 saturated carbocycles. The molecular weight excluding hydrogens is 194 g/mol. The average molecular weight is 223 g/mol. The van der Waals surface area contributed by atoms with Crippen LogP contribution in [0.1, 0.15) is 71.6 Å². The Bertz CT molecular complexity index is 180. The molecule has 0 amide bonds. The second-order valence-corrected chi connectivity index (χ2v) is 5.30. The van der Waals surface area contributed by atoms with E-state index in [1.54, 1.807) is 0 Å². The molecular formula is C15H29N. The third kappa shape index (κ3) is 5.67. The van der Waals surface area contributed by atoms with Crippen LogP contribution in [0.3, 0.4) is 0 Å². The first-order valence-electron chi connectivity index (χ1n) is 7.35. The number of hydrogen-bond donors (Lipinski definition) is 0. The van der Waals surface area contributed by atoms with E-state index in [4.69, 9.17) is 0 Å². The van der Waals surface area contributed by atoms with Crippen molar-refractivity contribution in [2.45, 2.75) is 71.6 Å². The molecule has 1 aliphatic carbocycles. The summed E-state index contributed by atoms with van der Waals surface area (Å²) in [5, 5.41) is 0. The summed E-state index contributed by atoms with van der Waals surface area (Å²) < 4.78 is 0. The summed E-state index contributed by atoms with van der Waals surface area (Å²) in [7, 11) is 0. The predicted molar refractivity (Wildman–Crippen MR) is 73.2 cm³/mol. The third-order valence-electron chi connectivity index (χ3n) is 3.95. The summed E-state index contributed by atoms with van der Waals surface area (Å²) in [4.78, 5) is 4.45. The molecule has 0 aliphatic heterocycles. The maximum Gasteiger partial charge on any atom is 0.0388 e. The molecule has 94 valence electrons. The zero-order valence-corrected chi connectivity index (χ0v) is 11.3. The van der Waals surface area contributed by atoms with Crippen molar-refractivity contribution < 1.29 is 0 Å². The summed E-state index contributed by atoms with van der Waals surface area (Å²) in [5.41, 5.74) is 0. The van der Waals surface area contributed by atoms with Crippen LogP contribution in [0.15, 0.2) is 4.99 Å². The largest absolute Gasteiger partial charge is 0.298 e. The summed E-state index contributed by atoms with van der Waals surface area (Å²) in [6.07, 6.45) is 14.7. The smallest absolute Gasteiger partial charge is 0.0388 e. The molecule has 1 nitrogen and oxygen atoms in total. The fourth-order valence-corrected chi connectivity index (χ4v) is 2.86. The van der Waals surface area contributed by atoms with Crippen molar-refractivity contribution in [3.8, 4) is 0 Å². The van der Waals surface area contributed by atoms with Crippen LogP contribution in [-0.2, 0) is 0 Å². The zero-order chi connectivity index (χ0) is 11.6. The third-order valence-corrected chi connectivity index (χ3v) is 3.95. The monoisotopic (exact) mass is 223 g/mol. The fraction of sp³-hybridized carbons (Fsp3) is 0.933. The van der Waals surface area contributed by atoms with Crippen LogP contribution in [0.25, 0.3) is 0 Å². The lowest BCUT2D eigenvalue weighted by atomic mass is 9.81. The van der Waals surface area contributed by atoms with Gasteiger partial charge in [0.15, 0.2) is 0 Å². The highest BCUT2D eigenvalue weighted by molar-refractivity contribution is 5.56. The quantitative estimate of drug-likeness (QED) is 0.547. The van der Waals surface area contributed by atoms with E-state index in [0.29, 0.717) is 0 Å². The maximum absolute atomic E-state index is 4.45. The minimum atomic E-state index is 0.928. The molecule has 1 unspecified atom stereocenters. The van der Waals surface area contributed by atoms with Gasteiger partial charge in [-0.05, 0) is 37.3 Å². The van der Waals surface area contributed by atoms with Crippen LogP contribution >= 0.6 is 0 Å². The summed E-state index contributed by atoms with van der Waals surface area (Å²) in [6.45, 7) is 5.55.